The zero-order chi connectivity index (χ0) is 9.30. The molecule has 1 rings (SSSR count). The van der Waals surface area contributed by atoms with Crippen LogP contribution in [0.4, 0.5) is 11.4 Å². The summed E-state index contributed by atoms with van der Waals surface area (Å²) in [5, 5.41) is 3.12. The maximum Gasteiger partial charge on any atom is 0.0606 e. The normalized spacial score (nSPS) is 10.0. The summed E-state index contributed by atoms with van der Waals surface area (Å²) in [5.41, 5.74) is 11.5. The Morgan fingerprint density at radius 3 is 2.25 bits per heavy atom. The third-order valence-corrected chi connectivity index (χ3v) is 2.34. The van der Waals surface area contributed by atoms with Gasteiger partial charge in [-0.15, -0.1) is 0 Å². The lowest BCUT2D eigenvalue weighted by molar-refractivity contribution is 1.28. The Kier molecular flexibility index (Phi) is 2.27. The molecule has 0 aliphatic heterocycles. The van der Waals surface area contributed by atoms with Crippen molar-refractivity contribution >= 4 is 11.4 Å². The van der Waals surface area contributed by atoms with E-state index >= 15 is 0 Å². The predicted molar refractivity (Wildman–Crippen MR) is 54.6 cm³/mol. The highest BCUT2D eigenvalue weighted by Gasteiger charge is 2.06. The van der Waals surface area contributed by atoms with Gasteiger partial charge in [-0.05, 0) is 37.5 Å². The second kappa shape index (κ2) is 3.05. The molecule has 2 nitrogen and oxygen atoms in total. The van der Waals surface area contributed by atoms with Crippen molar-refractivity contribution in [2.24, 2.45) is 0 Å². The van der Waals surface area contributed by atoms with E-state index in [2.05, 4.69) is 25.2 Å². The van der Waals surface area contributed by atoms with E-state index in [9.17, 15) is 0 Å². The second-order valence-electron chi connectivity index (χ2n) is 3.17. The SMILES string of the molecule is CNc1c(C)c(C)cc(C)c1N. The maximum absolute atomic E-state index is 5.90. The number of aryl methyl sites for hydroxylation is 2. The van der Waals surface area contributed by atoms with Gasteiger partial charge in [0.1, 0.15) is 0 Å². The number of hydrogen-bond donors (Lipinski definition) is 2. The molecule has 0 amide bonds. The number of rotatable bonds is 1. The first-order valence-corrected chi connectivity index (χ1v) is 4.12. The van der Waals surface area contributed by atoms with Gasteiger partial charge in [0, 0.05) is 7.05 Å². The highest BCUT2D eigenvalue weighted by atomic mass is 14.9. The van der Waals surface area contributed by atoms with Crippen LogP contribution in [0.15, 0.2) is 6.07 Å². The van der Waals surface area contributed by atoms with Crippen LogP contribution in [0.1, 0.15) is 16.7 Å². The van der Waals surface area contributed by atoms with E-state index in [1.54, 1.807) is 0 Å². The summed E-state index contributed by atoms with van der Waals surface area (Å²) in [6, 6.07) is 2.12. The van der Waals surface area contributed by atoms with Gasteiger partial charge in [-0.25, -0.2) is 0 Å². The molecule has 0 spiro atoms. The van der Waals surface area contributed by atoms with Gasteiger partial charge in [-0.1, -0.05) is 6.07 Å². The van der Waals surface area contributed by atoms with Gasteiger partial charge in [0.15, 0.2) is 0 Å². The number of benzene rings is 1. The first-order chi connectivity index (χ1) is 5.57. The molecular weight excluding hydrogens is 148 g/mol. The summed E-state index contributed by atoms with van der Waals surface area (Å²) in [6.07, 6.45) is 0. The van der Waals surface area contributed by atoms with Gasteiger partial charge in [-0.3, -0.25) is 0 Å². The summed E-state index contributed by atoms with van der Waals surface area (Å²) < 4.78 is 0. The molecule has 12 heavy (non-hydrogen) atoms. The van der Waals surface area contributed by atoms with Crippen molar-refractivity contribution in [1.82, 2.24) is 0 Å². The topological polar surface area (TPSA) is 38.0 Å². The zero-order valence-corrected chi connectivity index (χ0v) is 8.15. The van der Waals surface area contributed by atoms with Crippen LogP contribution in [0.3, 0.4) is 0 Å². The van der Waals surface area contributed by atoms with Crippen molar-refractivity contribution in [1.29, 1.82) is 0 Å². The van der Waals surface area contributed by atoms with Gasteiger partial charge in [0.2, 0.25) is 0 Å². The summed E-state index contributed by atoms with van der Waals surface area (Å²) in [6.45, 7) is 6.21. The Hall–Kier alpha value is -1.18. The quantitative estimate of drug-likeness (QED) is 0.625. The van der Waals surface area contributed by atoms with Gasteiger partial charge in [0.25, 0.3) is 0 Å². The first-order valence-electron chi connectivity index (χ1n) is 4.12. The molecule has 0 saturated heterocycles. The van der Waals surface area contributed by atoms with Crippen molar-refractivity contribution in [3.05, 3.63) is 22.8 Å². The molecule has 0 aromatic heterocycles. The van der Waals surface area contributed by atoms with Crippen LogP contribution in [-0.2, 0) is 0 Å². The fourth-order valence-electron chi connectivity index (χ4n) is 1.43. The Labute approximate surface area is 73.8 Å². The van der Waals surface area contributed by atoms with E-state index in [1.807, 2.05) is 14.0 Å². The van der Waals surface area contributed by atoms with Crippen molar-refractivity contribution in [3.63, 3.8) is 0 Å². The molecule has 1 aromatic carbocycles. The van der Waals surface area contributed by atoms with Crippen molar-refractivity contribution in [2.45, 2.75) is 20.8 Å². The van der Waals surface area contributed by atoms with Crippen LogP contribution in [0.2, 0.25) is 0 Å². The average molecular weight is 164 g/mol. The van der Waals surface area contributed by atoms with Crippen molar-refractivity contribution in [2.75, 3.05) is 18.1 Å². The van der Waals surface area contributed by atoms with E-state index in [1.165, 1.54) is 11.1 Å². The standard InChI is InChI=1S/C10H16N2/c1-6-5-7(2)9(11)10(12-4)8(6)3/h5,12H,11H2,1-4H3. The van der Waals surface area contributed by atoms with Crippen LogP contribution >= 0.6 is 0 Å². The molecule has 0 aliphatic carbocycles. The van der Waals surface area contributed by atoms with Gasteiger partial charge in [0.05, 0.1) is 11.4 Å². The molecule has 0 fully saturated rings. The first kappa shape index (κ1) is 8.91. The minimum Gasteiger partial charge on any atom is -0.397 e. The Balaban J connectivity index is 3.42. The lowest BCUT2D eigenvalue weighted by Gasteiger charge is -2.13. The number of nitrogens with two attached hydrogens (primary N) is 1. The monoisotopic (exact) mass is 164 g/mol. The highest BCUT2D eigenvalue weighted by Crippen LogP contribution is 2.28. The molecule has 0 bridgehead atoms. The molecule has 0 radical (unpaired) electrons. The molecule has 3 N–H and O–H groups in total. The van der Waals surface area contributed by atoms with Crippen molar-refractivity contribution in [3.8, 4) is 0 Å². The molecular formula is C10H16N2. The molecule has 0 atom stereocenters. The van der Waals surface area contributed by atoms with Crippen LogP contribution in [0, 0.1) is 20.8 Å². The fraction of sp³-hybridized carbons (Fsp3) is 0.400. The molecule has 0 saturated carbocycles. The maximum atomic E-state index is 5.90. The van der Waals surface area contributed by atoms with E-state index in [0.717, 1.165) is 16.9 Å². The number of nitrogen functional groups attached to an aromatic ring is 1. The van der Waals surface area contributed by atoms with E-state index in [4.69, 9.17) is 5.73 Å². The summed E-state index contributed by atoms with van der Waals surface area (Å²) in [7, 11) is 1.90. The third-order valence-electron chi connectivity index (χ3n) is 2.34. The predicted octanol–water partition coefficient (Wildman–Crippen LogP) is 2.24. The minimum atomic E-state index is 0.862. The third kappa shape index (κ3) is 1.24. The van der Waals surface area contributed by atoms with Gasteiger partial charge < -0.3 is 11.1 Å². The molecule has 1 aromatic rings. The smallest absolute Gasteiger partial charge is 0.0606 e. The molecule has 0 aliphatic rings. The largest absolute Gasteiger partial charge is 0.397 e. The second-order valence-corrected chi connectivity index (χ2v) is 3.17. The number of hydrogen-bond acceptors (Lipinski definition) is 2. The van der Waals surface area contributed by atoms with Crippen molar-refractivity contribution < 1.29 is 0 Å². The van der Waals surface area contributed by atoms with E-state index in [0.29, 0.717) is 0 Å². The Morgan fingerprint density at radius 1 is 1.17 bits per heavy atom. The van der Waals surface area contributed by atoms with Crippen LogP contribution < -0.4 is 11.1 Å². The molecule has 66 valence electrons. The fourth-order valence-corrected chi connectivity index (χ4v) is 1.43. The lowest BCUT2D eigenvalue weighted by atomic mass is 10.0. The number of anilines is 2. The molecule has 0 unspecified atom stereocenters. The zero-order valence-electron chi connectivity index (χ0n) is 8.15. The lowest BCUT2D eigenvalue weighted by Crippen LogP contribution is -2.02. The van der Waals surface area contributed by atoms with Crippen LogP contribution in [-0.4, -0.2) is 7.05 Å². The molecule has 2 heteroatoms. The van der Waals surface area contributed by atoms with Gasteiger partial charge >= 0.3 is 0 Å². The van der Waals surface area contributed by atoms with Gasteiger partial charge in [-0.2, -0.15) is 0 Å². The Bertz CT molecular complexity index is 277. The summed E-state index contributed by atoms with van der Waals surface area (Å²) in [5.74, 6) is 0. The summed E-state index contributed by atoms with van der Waals surface area (Å²) >= 11 is 0. The number of nitrogens with one attached hydrogen (secondary N) is 1. The minimum absolute atomic E-state index is 0.862. The summed E-state index contributed by atoms with van der Waals surface area (Å²) in [4.78, 5) is 0. The van der Waals surface area contributed by atoms with E-state index < -0.39 is 0 Å². The van der Waals surface area contributed by atoms with Crippen LogP contribution in [0.5, 0.6) is 0 Å². The van der Waals surface area contributed by atoms with Crippen LogP contribution in [0.25, 0.3) is 0 Å². The Morgan fingerprint density at radius 2 is 1.75 bits per heavy atom. The molecule has 0 heterocycles. The van der Waals surface area contributed by atoms with E-state index in [-0.39, 0.29) is 0 Å². The average Bonchev–Trinajstić information content (AvgIpc) is 2.02. The highest BCUT2D eigenvalue weighted by molar-refractivity contribution is 5.74.